The van der Waals surface area contributed by atoms with Gasteiger partial charge in [0.1, 0.15) is 0 Å². The fraction of sp³-hybridized carbons (Fsp3) is 0.692. The van der Waals surface area contributed by atoms with E-state index in [1.807, 2.05) is 27.7 Å². The molecule has 0 radical (unpaired) electrons. The first-order valence-corrected chi connectivity index (χ1v) is 5.46. The predicted molar refractivity (Wildman–Crippen MR) is 64.0 cm³/mol. The Bertz CT molecular complexity index is 159. The van der Waals surface area contributed by atoms with E-state index in [1.54, 1.807) is 0 Å². The minimum absolute atomic E-state index is 0.402. The van der Waals surface area contributed by atoms with Crippen LogP contribution in [0.3, 0.4) is 0 Å². The van der Waals surface area contributed by atoms with Crippen LogP contribution in [0, 0.1) is 5.41 Å². The van der Waals surface area contributed by atoms with Crippen LogP contribution in [0.4, 0.5) is 0 Å². The highest BCUT2D eigenvalue weighted by Gasteiger charge is 2.13. The van der Waals surface area contributed by atoms with Crippen LogP contribution in [-0.2, 0) is 0 Å². The van der Waals surface area contributed by atoms with Crippen LogP contribution in [0.2, 0.25) is 0 Å². The Labute approximate surface area is 84.7 Å². The average Bonchev–Trinajstić information content (AvgIpc) is 2.17. The van der Waals surface area contributed by atoms with Crippen molar-refractivity contribution in [2.75, 3.05) is 0 Å². The summed E-state index contributed by atoms with van der Waals surface area (Å²) in [7, 11) is 0. The van der Waals surface area contributed by atoms with Crippen molar-refractivity contribution in [1.29, 1.82) is 0 Å². The number of hydrogen-bond donors (Lipinski definition) is 0. The zero-order valence-electron chi connectivity index (χ0n) is 10.4. The van der Waals surface area contributed by atoms with E-state index in [4.69, 9.17) is 0 Å². The summed E-state index contributed by atoms with van der Waals surface area (Å²) in [5.41, 5.74) is 1.80. The fourth-order valence-corrected chi connectivity index (χ4v) is 0.917. The summed E-state index contributed by atoms with van der Waals surface area (Å²) in [6.45, 7) is 14.7. The molecule has 13 heavy (non-hydrogen) atoms. The van der Waals surface area contributed by atoms with Gasteiger partial charge in [-0.15, -0.1) is 0 Å². The van der Waals surface area contributed by atoms with Crippen molar-refractivity contribution < 1.29 is 0 Å². The molecular formula is C13H26. The predicted octanol–water partition coefficient (Wildman–Crippen LogP) is 4.97. The van der Waals surface area contributed by atoms with Crippen LogP contribution in [0.1, 0.15) is 54.9 Å². The van der Waals surface area contributed by atoms with Gasteiger partial charge >= 0.3 is 0 Å². The molecular weight excluding hydrogens is 156 g/mol. The first kappa shape index (κ1) is 15.0. The second-order valence-corrected chi connectivity index (χ2v) is 3.47. The van der Waals surface area contributed by atoms with Gasteiger partial charge in [-0.05, 0) is 18.8 Å². The molecule has 0 saturated heterocycles. The van der Waals surface area contributed by atoms with E-state index >= 15 is 0 Å². The molecule has 1 aliphatic carbocycles. The van der Waals surface area contributed by atoms with Gasteiger partial charge in [0.2, 0.25) is 0 Å². The molecule has 0 heterocycles. The Morgan fingerprint density at radius 3 is 1.77 bits per heavy atom. The molecule has 0 aromatic carbocycles. The molecule has 0 nitrogen and oxygen atoms in total. The highest BCUT2D eigenvalue weighted by molar-refractivity contribution is 5.23. The number of allylic oxidation sites excluding steroid dienone is 4. The van der Waals surface area contributed by atoms with Crippen LogP contribution in [0.5, 0.6) is 0 Å². The van der Waals surface area contributed by atoms with Gasteiger partial charge < -0.3 is 0 Å². The molecule has 0 heteroatoms. The average molecular weight is 182 g/mol. The molecule has 1 aliphatic rings. The smallest absolute Gasteiger partial charge is 0.0137 e. The topological polar surface area (TPSA) is 0 Å². The number of rotatable bonds is 0. The molecule has 0 spiro atoms. The first-order valence-electron chi connectivity index (χ1n) is 5.46. The second-order valence-electron chi connectivity index (χ2n) is 3.47. The zero-order valence-corrected chi connectivity index (χ0v) is 10.4. The summed E-state index contributed by atoms with van der Waals surface area (Å²) in [5, 5.41) is 0. The lowest BCUT2D eigenvalue weighted by Gasteiger charge is -2.21. The van der Waals surface area contributed by atoms with E-state index in [2.05, 4.69) is 39.0 Å². The van der Waals surface area contributed by atoms with Crippen LogP contribution >= 0.6 is 0 Å². The third-order valence-electron chi connectivity index (χ3n) is 1.75. The Morgan fingerprint density at radius 1 is 1.08 bits per heavy atom. The molecule has 0 atom stereocenters. The lowest BCUT2D eigenvalue weighted by Crippen LogP contribution is -2.07. The molecule has 0 unspecified atom stereocenters. The lowest BCUT2D eigenvalue weighted by atomic mass is 9.84. The fourth-order valence-electron chi connectivity index (χ4n) is 0.917. The van der Waals surface area contributed by atoms with Crippen molar-refractivity contribution in [3.8, 4) is 0 Å². The van der Waals surface area contributed by atoms with Gasteiger partial charge in [0.05, 0.1) is 0 Å². The van der Waals surface area contributed by atoms with Crippen LogP contribution in [0.25, 0.3) is 0 Å². The molecule has 0 aromatic heterocycles. The summed E-state index contributed by atoms with van der Waals surface area (Å²) >= 11 is 0. The third-order valence-corrected chi connectivity index (χ3v) is 1.75. The van der Waals surface area contributed by atoms with Gasteiger partial charge in [0.15, 0.2) is 0 Å². The second kappa shape index (κ2) is 8.10. The van der Waals surface area contributed by atoms with Crippen molar-refractivity contribution in [2.45, 2.75) is 54.9 Å². The van der Waals surface area contributed by atoms with Crippen molar-refractivity contribution in [3.05, 3.63) is 23.8 Å². The Hall–Kier alpha value is -0.520. The molecule has 0 bridgehead atoms. The maximum absolute atomic E-state index is 2.29. The number of hydrogen-bond acceptors (Lipinski definition) is 0. The molecule has 1 rings (SSSR count). The summed E-state index contributed by atoms with van der Waals surface area (Å²) in [5.74, 6) is 0. The van der Waals surface area contributed by atoms with Gasteiger partial charge in [0.25, 0.3) is 0 Å². The minimum atomic E-state index is 0.402. The van der Waals surface area contributed by atoms with E-state index in [-0.39, 0.29) is 0 Å². The van der Waals surface area contributed by atoms with E-state index in [0.717, 1.165) is 0 Å². The highest BCUT2D eigenvalue weighted by Crippen LogP contribution is 2.27. The lowest BCUT2D eigenvalue weighted by molar-refractivity contribution is 0.482. The molecule has 0 aromatic rings. The van der Waals surface area contributed by atoms with Crippen molar-refractivity contribution in [2.24, 2.45) is 5.41 Å². The maximum atomic E-state index is 2.29. The van der Waals surface area contributed by atoms with Crippen LogP contribution < -0.4 is 0 Å². The molecule has 0 fully saturated rings. The Kier molecular flexibility index (Phi) is 9.33. The quantitative estimate of drug-likeness (QED) is 0.496. The van der Waals surface area contributed by atoms with E-state index in [0.29, 0.717) is 5.41 Å². The van der Waals surface area contributed by atoms with Crippen molar-refractivity contribution >= 4 is 0 Å². The van der Waals surface area contributed by atoms with Gasteiger partial charge in [-0.3, -0.25) is 0 Å². The van der Waals surface area contributed by atoms with Crippen molar-refractivity contribution in [1.82, 2.24) is 0 Å². The first-order chi connectivity index (χ1) is 6.10. The Morgan fingerprint density at radius 2 is 1.54 bits per heavy atom. The van der Waals surface area contributed by atoms with E-state index < -0.39 is 0 Å². The molecule has 0 aliphatic heterocycles. The summed E-state index contributed by atoms with van der Waals surface area (Å²) < 4.78 is 0. The SMILES string of the molecule is CC.CC.CC1=CCC(C)(C)C=C1. The third kappa shape index (κ3) is 7.83. The summed E-state index contributed by atoms with van der Waals surface area (Å²) in [4.78, 5) is 0. The molecule has 0 amide bonds. The summed E-state index contributed by atoms with van der Waals surface area (Å²) in [6.07, 6.45) is 7.96. The van der Waals surface area contributed by atoms with Gasteiger partial charge in [-0.25, -0.2) is 0 Å². The summed E-state index contributed by atoms with van der Waals surface area (Å²) in [6, 6.07) is 0. The molecule has 0 N–H and O–H groups in total. The monoisotopic (exact) mass is 182 g/mol. The van der Waals surface area contributed by atoms with E-state index in [1.165, 1.54) is 12.0 Å². The van der Waals surface area contributed by atoms with Gasteiger partial charge in [0, 0.05) is 0 Å². The van der Waals surface area contributed by atoms with E-state index in [9.17, 15) is 0 Å². The van der Waals surface area contributed by atoms with Crippen LogP contribution in [-0.4, -0.2) is 0 Å². The van der Waals surface area contributed by atoms with Gasteiger partial charge in [-0.1, -0.05) is 65.3 Å². The maximum Gasteiger partial charge on any atom is -0.0137 e. The zero-order chi connectivity index (χ0) is 10.9. The standard InChI is InChI=1S/C9H14.2C2H6/c1-8-4-6-9(2,3)7-5-8;2*1-2/h4-6H,7H2,1-3H3;2*1-2H3. The van der Waals surface area contributed by atoms with Crippen molar-refractivity contribution in [3.63, 3.8) is 0 Å². The van der Waals surface area contributed by atoms with Gasteiger partial charge in [-0.2, -0.15) is 0 Å². The Balaban J connectivity index is 0. The normalized spacial score (nSPS) is 17.3. The molecule has 0 saturated carbocycles. The van der Waals surface area contributed by atoms with Crippen LogP contribution in [0.15, 0.2) is 23.8 Å². The largest absolute Gasteiger partial charge is 0.0808 e. The molecule has 78 valence electrons. The minimum Gasteiger partial charge on any atom is -0.0808 e. The highest BCUT2D eigenvalue weighted by atomic mass is 14.2.